The van der Waals surface area contributed by atoms with Gasteiger partial charge < -0.3 is 10.4 Å². The fraction of sp³-hybridized carbons (Fsp3) is 0.278. The largest absolute Gasteiger partial charge is 0.393 e. The number of rotatable bonds is 4. The van der Waals surface area contributed by atoms with E-state index in [-0.39, 0.29) is 29.8 Å². The summed E-state index contributed by atoms with van der Waals surface area (Å²) in [6.07, 6.45) is 0.657. The molecule has 1 amide bonds. The lowest BCUT2D eigenvalue weighted by atomic mass is 9.81. The van der Waals surface area contributed by atoms with Crippen LogP contribution in [0, 0.1) is 11.7 Å². The zero-order chi connectivity index (χ0) is 15.5. The molecular formula is C18H18FNO2. The Morgan fingerprint density at radius 3 is 2.23 bits per heavy atom. The lowest BCUT2D eigenvalue weighted by Gasteiger charge is -2.32. The highest BCUT2D eigenvalue weighted by Crippen LogP contribution is 2.29. The number of aliphatic hydroxyl groups excluding tert-OH is 1. The molecule has 3 nitrogen and oxygen atoms in total. The average Bonchev–Trinajstić information content (AvgIpc) is 2.51. The summed E-state index contributed by atoms with van der Waals surface area (Å²) in [6.45, 7) is 0. The number of hydrogen-bond acceptors (Lipinski definition) is 2. The van der Waals surface area contributed by atoms with E-state index in [0.29, 0.717) is 12.8 Å². The maximum absolute atomic E-state index is 13.1. The number of carbonyl (C=O) groups is 1. The van der Waals surface area contributed by atoms with Crippen LogP contribution in [0.3, 0.4) is 0 Å². The minimum Gasteiger partial charge on any atom is -0.393 e. The van der Waals surface area contributed by atoms with Crippen molar-refractivity contribution in [1.29, 1.82) is 0 Å². The predicted molar refractivity (Wildman–Crippen MR) is 81.6 cm³/mol. The van der Waals surface area contributed by atoms with Gasteiger partial charge in [0.25, 0.3) is 0 Å². The molecule has 1 aliphatic rings. The summed E-state index contributed by atoms with van der Waals surface area (Å²) in [6, 6.07) is 15.4. The average molecular weight is 299 g/mol. The Kier molecular flexibility index (Phi) is 4.20. The van der Waals surface area contributed by atoms with Crippen LogP contribution in [0.5, 0.6) is 0 Å². The summed E-state index contributed by atoms with van der Waals surface area (Å²) in [5.74, 6) is -0.505. The van der Waals surface area contributed by atoms with Crippen LogP contribution in [-0.2, 0) is 4.79 Å². The highest BCUT2D eigenvalue weighted by molar-refractivity contribution is 5.80. The normalized spacial score (nSPS) is 21.7. The van der Waals surface area contributed by atoms with Crippen molar-refractivity contribution in [2.24, 2.45) is 5.92 Å². The molecule has 4 heteroatoms. The SMILES string of the molecule is O=C(N[C@@H](c1ccccc1)c1ccc(F)cc1)C1CC(O)C1. The predicted octanol–water partition coefficient (Wildman–Crippen LogP) is 2.80. The maximum Gasteiger partial charge on any atom is 0.224 e. The van der Waals surface area contributed by atoms with Crippen molar-refractivity contribution in [3.8, 4) is 0 Å². The Labute approximate surface area is 128 Å². The summed E-state index contributed by atoms with van der Waals surface area (Å²) < 4.78 is 13.1. The van der Waals surface area contributed by atoms with Gasteiger partial charge in [0.2, 0.25) is 5.91 Å². The van der Waals surface area contributed by atoms with Gasteiger partial charge in [0.05, 0.1) is 12.1 Å². The summed E-state index contributed by atoms with van der Waals surface area (Å²) in [4.78, 5) is 12.3. The molecule has 2 aromatic rings. The molecule has 0 unspecified atom stereocenters. The van der Waals surface area contributed by atoms with Gasteiger partial charge in [0.1, 0.15) is 5.82 Å². The minimum atomic E-state index is -0.364. The number of halogens is 1. The fourth-order valence-corrected chi connectivity index (χ4v) is 2.72. The molecule has 0 spiro atoms. The second-order valence-corrected chi connectivity index (χ2v) is 5.73. The van der Waals surface area contributed by atoms with Crippen LogP contribution in [0.25, 0.3) is 0 Å². The number of nitrogens with one attached hydrogen (secondary N) is 1. The van der Waals surface area contributed by atoms with Crippen LogP contribution in [0.4, 0.5) is 4.39 Å². The lowest BCUT2D eigenvalue weighted by Crippen LogP contribution is -2.42. The van der Waals surface area contributed by atoms with Crippen LogP contribution < -0.4 is 5.32 Å². The van der Waals surface area contributed by atoms with Crippen LogP contribution in [0.2, 0.25) is 0 Å². The molecule has 2 aromatic carbocycles. The highest BCUT2D eigenvalue weighted by Gasteiger charge is 2.34. The molecule has 1 aliphatic carbocycles. The molecule has 0 aromatic heterocycles. The van der Waals surface area contributed by atoms with E-state index in [1.807, 2.05) is 30.3 Å². The molecule has 2 N–H and O–H groups in total. The third-order valence-electron chi connectivity index (χ3n) is 4.11. The van der Waals surface area contributed by atoms with E-state index in [0.717, 1.165) is 11.1 Å². The zero-order valence-electron chi connectivity index (χ0n) is 12.1. The van der Waals surface area contributed by atoms with E-state index >= 15 is 0 Å². The Morgan fingerprint density at radius 1 is 1.05 bits per heavy atom. The standard InChI is InChI=1S/C18H18FNO2/c19-15-8-6-13(7-9-15)17(12-4-2-1-3-5-12)20-18(22)14-10-16(21)11-14/h1-9,14,16-17,21H,10-11H2,(H,20,22)/t14?,16?,17-/m0/s1. The van der Waals surface area contributed by atoms with Gasteiger partial charge in [0.15, 0.2) is 0 Å². The first-order valence-corrected chi connectivity index (χ1v) is 7.42. The van der Waals surface area contributed by atoms with Gasteiger partial charge in [-0.25, -0.2) is 4.39 Å². The van der Waals surface area contributed by atoms with E-state index in [1.165, 1.54) is 12.1 Å². The van der Waals surface area contributed by atoms with Crippen molar-refractivity contribution in [3.63, 3.8) is 0 Å². The number of carbonyl (C=O) groups excluding carboxylic acids is 1. The molecule has 0 heterocycles. The van der Waals surface area contributed by atoms with Gasteiger partial charge >= 0.3 is 0 Å². The summed E-state index contributed by atoms with van der Waals surface area (Å²) >= 11 is 0. The molecule has 1 fully saturated rings. The van der Waals surface area contributed by atoms with Crippen molar-refractivity contribution >= 4 is 5.91 Å². The fourth-order valence-electron chi connectivity index (χ4n) is 2.72. The highest BCUT2D eigenvalue weighted by atomic mass is 19.1. The Morgan fingerprint density at radius 2 is 1.64 bits per heavy atom. The number of aliphatic hydroxyl groups is 1. The molecule has 0 aliphatic heterocycles. The Balaban J connectivity index is 1.83. The quantitative estimate of drug-likeness (QED) is 0.912. The van der Waals surface area contributed by atoms with E-state index in [2.05, 4.69) is 5.32 Å². The van der Waals surface area contributed by atoms with Crippen LogP contribution in [-0.4, -0.2) is 17.1 Å². The second kappa shape index (κ2) is 6.28. The van der Waals surface area contributed by atoms with Crippen molar-refractivity contribution < 1.29 is 14.3 Å². The maximum atomic E-state index is 13.1. The van der Waals surface area contributed by atoms with Crippen LogP contribution in [0.1, 0.15) is 30.0 Å². The molecule has 0 bridgehead atoms. The Hall–Kier alpha value is -2.20. The molecule has 1 saturated carbocycles. The van der Waals surface area contributed by atoms with Gasteiger partial charge in [-0.05, 0) is 36.1 Å². The van der Waals surface area contributed by atoms with Crippen molar-refractivity contribution in [2.75, 3.05) is 0 Å². The Bertz CT molecular complexity index is 636. The summed E-state index contributed by atoms with van der Waals surface area (Å²) in [7, 11) is 0. The van der Waals surface area contributed by atoms with E-state index in [4.69, 9.17) is 0 Å². The second-order valence-electron chi connectivity index (χ2n) is 5.73. The first-order valence-electron chi connectivity index (χ1n) is 7.42. The van der Waals surface area contributed by atoms with Crippen molar-refractivity contribution in [3.05, 3.63) is 71.5 Å². The molecule has 22 heavy (non-hydrogen) atoms. The molecule has 3 rings (SSSR count). The minimum absolute atomic E-state index is 0.0662. The molecule has 114 valence electrons. The topological polar surface area (TPSA) is 49.3 Å². The van der Waals surface area contributed by atoms with Gasteiger partial charge in [-0.1, -0.05) is 42.5 Å². The zero-order valence-corrected chi connectivity index (χ0v) is 12.1. The van der Waals surface area contributed by atoms with Gasteiger partial charge in [0, 0.05) is 5.92 Å². The third kappa shape index (κ3) is 3.17. The number of hydrogen-bond donors (Lipinski definition) is 2. The molecule has 0 radical (unpaired) electrons. The third-order valence-corrected chi connectivity index (χ3v) is 4.11. The van der Waals surface area contributed by atoms with Crippen LogP contribution in [0.15, 0.2) is 54.6 Å². The van der Waals surface area contributed by atoms with E-state index in [9.17, 15) is 14.3 Å². The molecule has 1 atom stereocenters. The number of amides is 1. The van der Waals surface area contributed by atoms with Gasteiger partial charge in [-0.15, -0.1) is 0 Å². The molecule has 0 saturated heterocycles. The first-order chi connectivity index (χ1) is 10.6. The monoisotopic (exact) mass is 299 g/mol. The molecular weight excluding hydrogens is 281 g/mol. The summed E-state index contributed by atoms with van der Waals surface area (Å²) in [5.41, 5.74) is 1.78. The van der Waals surface area contributed by atoms with E-state index in [1.54, 1.807) is 12.1 Å². The number of benzene rings is 2. The van der Waals surface area contributed by atoms with Crippen molar-refractivity contribution in [1.82, 2.24) is 5.32 Å². The van der Waals surface area contributed by atoms with Crippen molar-refractivity contribution in [2.45, 2.75) is 25.0 Å². The van der Waals surface area contributed by atoms with Gasteiger partial charge in [-0.2, -0.15) is 0 Å². The van der Waals surface area contributed by atoms with E-state index < -0.39 is 0 Å². The van der Waals surface area contributed by atoms with Crippen LogP contribution >= 0.6 is 0 Å². The lowest BCUT2D eigenvalue weighted by molar-refractivity contribution is -0.131. The smallest absolute Gasteiger partial charge is 0.224 e. The first kappa shape index (κ1) is 14.7. The summed E-state index contributed by atoms with van der Waals surface area (Å²) in [5, 5.41) is 12.4. The van der Waals surface area contributed by atoms with Gasteiger partial charge in [-0.3, -0.25) is 4.79 Å².